The van der Waals surface area contributed by atoms with E-state index in [1.807, 2.05) is 0 Å². The third kappa shape index (κ3) is 43.1. The second-order valence-electron chi connectivity index (χ2n) is 16.4. The lowest BCUT2D eigenvalue weighted by molar-refractivity contribution is -0.167. The number of unbranched alkanes of at least 4 members (excludes halogenated alkanes) is 31. The Morgan fingerprint density at radius 3 is 0.964 bits per heavy atom. The Hall–Kier alpha value is -1.85. The highest BCUT2D eigenvalue weighted by molar-refractivity contribution is 5.71. The van der Waals surface area contributed by atoms with E-state index in [0.717, 1.165) is 77.0 Å². The van der Waals surface area contributed by atoms with Gasteiger partial charge in [-0.15, -0.1) is 0 Å². The van der Waals surface area contributed by atoms with Crippen LogP contribution in [0.25, 0.3) is 0 Å². The molecule has 0 radical (unpaired) electrons. The van der Waals surface area contributed by atoms with Crippen molar-refractivity contribution in [1.29, 1.82) is 0 Å². The summed E-state index contributed by atoms with van der Waals surface area (Å²) in [4.78, 5) is 37.8. The van der Waals surface area contributed by atoms with Crippen molar-refractivity contribution < 1.29 is 28.6 Å². The van der Waals surface area contributed by atoms with Crippen molar-refractivity contribution in [3.05, 3.63) is 12.2 Å². The minimum atomic E-state index is -0.765. The summed E-state index contributed by atoms with van der Waals surface area (Å²) in [5, 5.41) is 0. The highest BCUT2D eigenvalue weighted by atomic mass is 16.6. The zero-order chi connectivity index (χ0) is 40.1. The van der Waals surface area contributed by atoms with Crippen LogP contribution in [0.5, 0.6) is 0 Å². The maximum Gasteiger partial charge on any atom is 0.306 e. The summed E-state index contributed by atoms with van der Waals surface area (Å²) in [6.07, 6.45) is 47.6. The molecule has 6 heteroatoms. The summed E-state index contributed by atoms with van der Waals surface area (Å²) in [5.41, 5.74) is 0. The minimum absolute atomic E-state index is 0.0686. The summed E-state index contributed by atoms with van der Waals surface area (Å²) in [6, 6.07) is 0. The molecule has 6 nitrogen and oxygen atoms in total. The largest absolute Gasteiger partial charge is 0.462 e. The predicted octanol–water partition coefficient (Wildman–Crippen LogP) is 15.4. The van der Waals surface area contributed by atoms with Gasteiger partial charge in [-0.05, 0) is 38.5 Å². The lowest BCUT2D eigenvalue weighted by Crippen LogP contribution is -2.30. The molecule has 0 heterocycles. The van der Waals surface area contributed by atoms with E-state index < -0.39 is 6.10 Å². The molecular weight excluding hydrogens is 685 g/mol. The molecule has 0 aromatic heterocycles. The zero-order valence-corrected chi connectivity index (χ0v) is 37.0. The molecule has 0 saturated heterocycles. The van der Waals surface area contributed by atoms with Crippen molar-refractivity contribution in [3.63, 3.8) is 0 Å². The molecule has 0 aliphatic rings. The minimum Gasteiger partial charge on any atom is -0.462 e. The first-order valence-corrected chi connectivity index (χ1v) is 24.2. The van der Waals surface area contributed by atoms with Crippen LogP contribution in [0.1, 0.15) is 265 Å². The molecule has 1 unspecified atom stereocenters. The maximum absolute atomic E-state index is 12.7. The topological polar surface area (TPSA) is 78.9 Å². The monoisotopic (exact) mass is 777 g/mol. The predicted molar refractivity (Wildman–Crippen MR) is 233 cm³/mol. The van der Waals surface area contributed by atoms with Gasteiger partial charge >= 0.3 is 17.9 Å². The van der Waals surface area contributed by atoms with Crippen LogP contribution in [0.3, 0.4) is 0 Å². The molecule has 0 amide bonds. The standard InChI is InChI=1S/C49H92O6/c1-4-7-10-13-16-19-22-24-25-26-28-30-33-36-39-42-48(51)54-45-46(44-53-47(50)41-38-35-32-29-21-18-15-12-9-6-3)55-49(52)43-40-37-34-31-27-23-20-17-14-11-8-5-2/h15,18,46H,4-14,16-17,19-45H2,1-3H3/b18-15-. The van der Waals surface area contributed by atoms with Gasteiger partial charge < -0.3 is 14.2 Å². The van der Waals surface area contributed by atoms with Gasteiger partial charge in [0.15, 0.2) is 6.10 Å². The molecule has 0 aliphatic heterocycles. The number of esters is 3. The molecule has 0 bridgehead atoms. The van der Waals surface area contributed by atoms with Gasteiger partial charge in [0, 0.05) is 19.3 Å². The Labute approximate surface area is 341 Å². The van der Waals surface area contributed by atoms with Crippen molar-refractivity contribution in [2.75, 3.05) is 13.2 Å². The zero-order valence-electron chi connectivity index (χ0n) is 37.0. The van der Waals surface area contributed by atoms with Crippen molar-refractivity contribution in [3.8, 4) is 0 Å². The quantitative estimate of drug-likeness (QED) is 0.0265. The number of rotatable bonds is 44. The van der Waals surface area contributed by atoms with Crippen molar-refractivity contribution in [1.82, 2.24) is 0 Å². The highest BCUT2D eigenvalue weighted by Gasteiger charge is 2.19. The van der Waals surface area contributed by atoms with Crippen LogP contribution in [0, 0.1) is 0 Å². The van der Waals surface area contributed by atoms with Gasteiger partial charge in [0.25, 0.3) is 0 Å². The summed E-state index contributed by atoms with van der Waals surface area (Å²) < 4.78 is 16.7. The summed E-state index contributed by atoms with van der Waals surface area (Å²) in [5.74, 6) is -0.871. The third-order valence-electron chi connectivity index (χ3n) is 10.8. The first-order valence-electron chi connectivity index (χ1n) is 24.2. The van der Waals surface area contributed by atoms with E-state index in [1.54, 1.807) is 0 Å². The van der Waals surface area contributed by atoms with Gasteiger partial charge in [0.2, 0.25) is 0 Å². The van der Waals surface area contributed by atoms with Gasteiger partial charge in [-0.3, -0.25) is 14.4 Å². The third-order valence-corrected chi connectivity index (χ3v) is 10.8. The van der Waals surface area contributed by atoms with Crippen LogP contribution in [0.4, 0.5) is 0 Å². The summed E-state index contributed by atoms with van der Waals surface area (Å²) in [7, 11) is 0. The van der Waals surface area contributed by atoms with E-state index in [0.29, 0.717) is 19.3 Å². The number of carbonyl (C=O) groups is 3. The van der Waals surface area contributed by atoms with Crippen molar-refractivity contribution >= 4 is 17.9 Å². The lowest BCUT2D eigenvalue weighted by atomic mass is 10.0. The van der Waals surface area contributed by atoms with Crippen molar-refractivity contribution in [2.45, 2.75) is 271 Å². The molecule has 324 valence electrons. The van der Waals surface area contributed by atoms with Crippen LogP contribution >= 0.6 is 0 Å². The molecule has 0 N–H and O–H groups in total. The van der Waals surface area contributed by atoms with Gasteiger partial charge in [-0.25, -0.2) is 0 Å². The van der Waals surface area contributed by atoms with Crippen molar-refractivity contribution in [2.24, 2.45) is 0 Å². The molecule has 55 heavy (non-hydrogen) atoms. The van der Waals surface area contributed by atoms with E-state index in [1.165, 1.54) is 148 Å². The molecular formula is C49H92O6. The molecule has 0 aromatic rings. The number of allylic oxidation sites excluding steroid dienone is 2. The normalized spacial score (nSPS) is 12.0. The lowest BCUT2D eigenvalue weighted by Gasteiger charge is -2.18. The van der Waals surface area contributed by atoms with E-state index in [9.17, 15) is 14.4 Å². The molecule has 0 spiro atoms. The SMILES string of the molecule is CCCC/C=C\CCCCCCC(=O)OCC(COC(=O)CCCCCCCCCCCCCCCCC)OC(=O)CCCCCCCCCCCCCC. The Bertz CT molecular complexity index is 854. The molecule has 1 atom stereocenters. The molecule has 0 saturated carbocycles. The van der Waals surface area contributed by atoms with Gasteiger partial charge in [0.1, 0.15) is 13.2 Å². The fraction of sp³-hybridized carbons (Fsp3) is 0.898. The maximum atomic E-state index is 12.7. The van der Waals surface area contributed by atoms with Gasteiger partial charge in [0.05, 0.1) is 0 Å². The van der Waals surface area contributed by atoms with E-state index in [4.69, 9.17) is 14.2 Å². The van der Waals surface area contributed by atoms with E-state index >= 15 is 0 Å². The number of ether oxygens (including phenoxy) is 3. The second kappa shape index (κ2) is 44.9. The fourth-order valence-electron chi connectivity index (χ4n) is 7.07. The Morgan fingerprint density at radius 1 is 0.345 bits per heavy atom. The number of hydrogen-bond acceptors (Lipinski definition) is 6. The van der Waals surface area contributed by atoms with Crippen LogP contribution in [0.2, 0.25) is 0 Å². The molecule has 0 aromatic carbocycles. The number of carbonyl (C=O) groups excluding carboxylic acids is 3. The smallest absolute Gasteiger partial charge is 0.306 e. The van der Waals surface area contributed by atoms with Crippen LogP contribution in [-0.4, -0.2) is 37.2 Å². The summed E-state index contributed by atoms with van der Waals surface area (Å²) in [6.45, 7) is 6.60. The number of hydrogen-bond donors (Lipinski definition) is 0. The Morgan fingerprint density at radius 2 is 0.618 bits per heavy atom. The van der Waals surface area contributed by atoms with Gasteiger partial charge in [-0.2, -0.15) is 0 Å². The van der Waals surface area contributed by atoms with Crippen LogP contribution in [0.15, 0.2) is 12.2 Å². The van der Waals surface area contributed by atoms with E-state index in [-0.39, 0.29) is 31.1 Å². The van der Waals surface area contributed by atoms with E-state index in [2.05, 4.69) is 32.9 Å². The first-order chi connectivity index (χ1) is 27.0. The van der Waals surface area contributed by atoms with Crippen LogP contribution in [-0.2, 0) is 28.6 Å². The Balaban J connectivity index is 4.31. The summed E-state index contributed by atoms with van der Waals surface area (Å²) >= 11 is 0. The molecule has 0 fully saturated rings. The highest BCUT2D eigenvalue weighted by Crippen LogP contribution is 2.16. The Kier molecular flexibility index (Phi) is 43.4. The average molecular weight is 777 g/mol. The second-order valence-corrected chi connectivity index (χ2v) is 16.4. The molecule has 0 aliphatic carbocycles. The first kappa shape index (κ1) is 53.1. The van der Waals surface area contributed by atoms with Gasteiger partial charge in [-0.1, -0.05) is 219 Å². The molecule has 0 rings (SSSR count). The van der Waals surface area contributed by atoms with Crippen LogP contribution < -0.4 is 0 Å². The fourth-order valence-corrected chi connectivity index (χ4v) is 7.07. The average Bonchev–Trinajstić information content (AvgIpc) is 3.18.